The lowest BCUT2D eigenvalue weighted by Gasteiger charge is -2.12. The van der Waals surface area contributed by atoms with Crippen LogP contribution in [0.25, 0.3) is 11.2 Å². The Morgan fingerprint density at radius 1 is 1.00 bits per heavy atom. The van der Waals surface area contributed by atoms with E-state index in [1.54, 1.807) is 16.7 Å². The molecule has 0 unspecified atom stereocenters. The van der Waals surface area contributed by atoms with E-state index in [9.17, 15) is 14.7 Å². The highest BCUT2D eigenvalue weighted by Gasteiger charge is 2.22. The quantitative estimate of drug-likeness (QED) is 0.391. The summed E-state index contributed by atoms with van der Waals surface area (Å²) in [5.41, 5.74) is 1.63. The van der Waals surface area contributed by atoms with Crippen molar-refractivity contribution < 1.29 is 9.84 Å². The smallest absolute Gasteiger partial charge is 0.332 e. The third kappa shape index (κ3) is 4.64. The van der Waals surface area contributed by atoms with Crippen molar-refractivity contribution in [3.8, 4) is 11.8 Å². The molecule has 0 saturated carbocycles. The first-order valence-corrected chi connectivity index (χ1v) is 11.7. The molecule has 2 aromatic heterocycles. The van der Waals surface area contributed by atoms with Crippen LogP contribution in [0.1, 0.15) is 31.4 Å². The molecule has 0 fully saturated rings. The summed E-state index contributed by atoms with van der Waals surface area (Å²) in [5, 5.41) is 9.87. The molecule has 0 radical (unpaired) electrons. The molecule has 1 N–H and O–H groups in total. The number of aliphatic hydroxyl groups is 1. The van der Waals surface area contributed by atoms with Gasteiger partial charge in [-0.05, 0) is 55.2 Å². The van der Waals surface area contributed by atoms with Gasteiger partial charge in [0.2, 0.25) is 0 Å². The molecule has 0 aliphatic rings. The molecular formula is C25H27ClN4O4. The van der Waals surface area contributed by atoms with E-state index in [1.165, 1.54) is 4.57 Å². The Labute approximate surface area is 201 Å². The molecule has 0 aliphatic heterocycles. The Balaban J connectivity index is 1.95. The van der Waals surface area contributed by atoms with Crippen molar-refractivity contribution in [2.24, 2.45) is 0 Å². The third-order valence-corrected chi connectivity index (χ3v) is 5.96. The molecule has 0 aliphatic carbocycles. The van der Waals surface area contributed by atoms with E-state index in [0.29, 0.717) is 30.3 Å². The molecular weight excluding hydrogens is 456 g/mol. The highest BCUT2D eigenvalue weighted by molar-refractivity contribution is 6.30. The van der Waals surface area contributed by atoms with Crippen molar-refractivity contribution in [3.05, 3.63) is 85.5 Å². The minimum atomic E-state index is -0.461. The van der Waals surface area contributed by atoms with Gasteiger partial charge in [-0.25, -0.2) is 4.79 Å². The summed E-state index contributed by atoms with van der Waals surface area (Å²) in [5.74, 6) is 0.595. The summed E-state index contributed by atoms with van der Waals surface area (Å²) in [6.07, 6.45) is 1.15. The van der Waals surface area contributed by atoms with E-state index in [4.69, 9.17) is 16.3 Å². The molecule has 0 bridgehead atoms. The monoisotopic (exact) mass is 482 g/mol. The number of halogens is 1. The number of imidazole rings is 1. The fraction of sp³-hybridized carbons (Fsp3) is 0.320. The lowest BCUT2D eigenvalue weighted by Crippen LogP contribution is -2.40. The minimum absolute atomic E-state index is 0.116. The van der Waals surface area contributed by atoms with Gasteiger partial charge >= 0.3 is 11.7 Å². The molecule has 0 atom stereocenters. The first-order chi connectivity index (χ1) is 16.5. The first-order valence-electron chi connectivity index (χ1n) is 11.3. The fourth-order valence-corrected chi connectivity index (χ4v) is 4.04. The standard InChI is InChI=1S/C25H27ClN4O4/c1-3-17-7-5-8-20(15-17)34-24-27-22-21(30(24)16-18-9-11-19(26)12-10-18)23(32)29(13-6-14-31)25(33)28(22)4-2/h5,7-12,15,31H,3-4,6,13-14,16H2,1-2H3. The predicted octanol–water partition coefficient (Wildman–Crippen LogP) is 3.82. The molecule has 0 spiro atoms. The first kappa shape index (κ1) is 23.8. The van der Waals surface area contributed by atoms with Crippen LogP contribution < -0.4 is 16.0 Å². The van der Waals surface area contributed by atoms with Gasteiger partial charge in [-0.15, -0.1) is 0 Å². The number of aliphatic hydroxyl groups excluding tert-OH is 1. The molecule has 9 heteroatoms. The molecule has 4 aromatic rings. The van der Waals surface area contributed by atoms with E-state index < -0.39 is 11.2 Å². The van der Waals surface area contributed by atoms with Gasteiger partial charge in [-0.2, -0.15) is 4.98 Å². The van der Waals surface area contributed by atoms with Crippen LogP contribution >= 0.6 is 11.6 Å². The number of ether oxygens (including phenoxy) is 1. The Hall–Kier alpha value is -3.36. The van der Waals surface area contributed by atoms with Gasteiger partial charge in [0.25, 0.3) is 5.56 Å². The maximum Gasteiger partial charge on any atom is 0.332 e. The number of fused-ring (bicyclic) bond motifs is 1. The van der Waals surface area contributed by atoms with Crippen molar-refractivity contribution in [2.45, 2.75) is 46.3 Å². The molecule has 178 valence electrons. The molecule has 8 nitrogen and oxygen atoms in total. The summed E-state index contributed by atoms with van der Waals surface area (Å²) in [6.45, 7) is 4.51. The topological polar surface area (TPSA) is 91.3 Å². The van der Waals surface area contributed by atoms with Crippen molar-refractivity contribution in [1.29, 1.82) is 0 Å². The molecule has 34 heavy (non-hydrogen) atoms. The molecule has 2 heterocycles. The van der Waals surface area contributed by atoms with E-state index in [0.717, 1.165) is 22.1 Å². The van der Waals surface area contributed by atoms with Crippen LogP contribution in [0, 0.1) is 0 Å². The van der Waals surface area contributed by atoms with Crippen LogP contribution in [0.3, 0.4) is 0 Å². The fourth-order valence-electron chi connectivity index (χ4n) is 3.91. The number of nitrogens with zero attached hydrogens (tertiary/aromatic N) is 4. The number of rotatable bonds is 9. The number of aryl methyl sites for hydroxylation is 2. The summed E-state index contributed by atoms with van der Waals surface area (Å²) in [7, 11) is 0. The summed E-state index contributed by atoms with van der Waals surface area (Å²) in [4.78, 5) is 31.1. The summed E-state index contributed by atoms with van der Waals surface area (Å²) >= 11 is 6.05. The highest BCUT2D eigenvalue weighted by Crippen LogP contribution is 2.26. The summed E-state index contributed by atoms with van der Waals surface area (Å²) in [6, 6.07) is 15.2. The minimum Gasteiger partial charge on any atom is -0.425 e. The summed E-state index contributed by atoms with van der Waals surface area (Å²) < 4.78 is 10.5. The van der Waals surface area contributed by atoms with Gasteiger partial charge < -0.3 is 9.84 Å². The van der Waals surface area contributed by atoms with Crippen LogP contribution in [-0.2, 0) is 26.1 Å². The number of benzene rings is 2. The van der Waals surface area contributed by atoms with Crippen LogP contribution in [-0.4, -0.2) is 30.4 Å². The van der Waals surface area contributed by atoms with Crippen molar-refractivity contribution in [3.63, 3.8) is 0 Å². The average Bonchev–Trinajstić information content (AvgIpc) is 3.18. The van der Waals surface area contributed by atoms with E-state index >= 15 is 0 Å². The zero-order valence-electron chi connectivity index (χ0n) is 19.2. The Morgan fingerprint density at radius 3 is 2.44 bits per heavy atom. The van der Waals surface area contributed by atoms with Gasteiger partial charge in [-0.1, -0.05) is 42.8 Å². The predicted molar refractivity (Wildman–Crippen MR) is 132 cm³/mol. The maximum atomic E-state index is 13.5. The van der Waals surface area contributed by atoms with Crippen LogP contribution in [0.4, 0.5) is 0 Å². The molecule has 4 rings (SSSR count). The van der Waals surface area contributed by atoms with E-state index in [1.807, 2.05) is 43.3 Å². The second-order valence-corrected chi connectivity index (χ2v) is 8.38. The number of hydrogen-bond acceptors (Lipinski definition) is 5. The van der Waals surface area contributed by atoms with Gasteiger partial charge in [-0.3, -0.25) is 18.5 Å². The number of aromatic nitrogens is 4. The van der Waals surface area contributed by atoms with Crippen LogP contribution in [0.15, 0.2) is 58.1 Å². The van der Waals surface area contributed by atoms with Crippen LogP contribution in [0.5, 0.6) is 11.8 Å². The Morgan fingerprint density at radius 2 is 1.76 bits per heavy atom. The Bertz CT molecular complexity index is 1420. The SMILES string of the molecule is CCc1cccc(Oc2nc3c(c(=O)n(CCCO)c(=O)n3CC)n2Cc2ccc(Cl)cc2)c1. The third-order valence-electron chi connectivity index (χ3n) is 5.71. The molecule has 0 saturated heterocycles. The second kappa shape index (κ2) is 10.3. The number of hydrogen-bond donors (Lipinski definition) is 1. The second-order valence-electron chi connectivity index (χ2n) is 7.94. The lowest BCUT2D eigenvalue weighted by atomic mass is 10.2. The molecule has 2 aromatic carbocycles. The zero-order valence-corrected chi connectivity index (χ0v) is 20.0. The van der Waals surface area contributed by atoms with Gasteiger partial charge in [0, 0.05) is 24.7 Å². The van der Waals surface area contributed by atoms with Crippen molar-refractivity contribution >= 4 is 22.8 Å². The van der Waals surface area contributed by atoms with Crippen molar-refractivity contribution in [2.75, 3.05) is 6.61 Å². The largest absolute Gasteiger partial charge is 0.425 e. The molecule has 0 amide bonds. The normalized spacial score (nSPS) is 11.3. The van der Waals surface area contributed by atoms with Gasteiger partial charge in [0.1, 0.15) is 5.75 Å². The van der Waals surface area contributed by atoms with Gasteiger partial charge in [0.05, 0.1) is 6.54 Å². The van der Waals surface area contributed by atoms with E-state index in [2.05, 4.69) is 11.9 Å². The highest BCUT2D eigenvalue weighted by atomic mass is 35.5. The maximum absolute atomic E-state index is 13.5. The van der Waals surface area contributed by atoms with E-state index in [-0.39, 0.29) is 30.3 Å². The zero-order chi connectivity index (χ0) is 24.2. The Kier molecular flexibility index (Phi) is 7.19. The average molecular weight is 483 g/mol. The van der Waals surface area contributed by atoms with Crippen molar-refractivity contribution in [1.82, 2.24) is 18.7 Å². The van der Waals surface area contributed by atoms with Crippen LogP contribution in [0.2, 0.25) is 5.02 Å². The lowest BCUT2D eigenvalue weighted by molar-refractivity contribution is 0.277. The van der Waals surface area contributed by atoms with Gasteiger partial charge in [0.15, 0.2) is 11.2 Å².